The molecule has 0 aliphatic carbocycles. The minimum absolute atomic E-state index is 0.0227. The number of ether oxygens (including phenoxy) is 1. The zero-order valence-electron chi connectivity index (χ0n) is 14.8. The van der Waals surface area contributed by atoms with Crippen LogP contribution in [0.5, 0.6) is 5.75 Å². The highest BCUT2D eigenvalue weighted by atomic mass is 32.1. The van der Waals surface area contributed by atoms with Gasteiger partial charge in [0.25, 0.3) is 11.8 Å². The van der Waals surface area contributed by atoms with Gasteiger partial charge in [0, 0.05) is 17.9 Å². The Morgan fingerprint density at radius 3 is 2.74 bits per heavy atom. The van der Waals surface area contributed by atoms with Crippen molar-refractivity contribution in [3.63, 3.8) is 0 Å². The highest BCUT2D eigenvalue weighted by Crippen LogP contribution is 2.32. The average molecular weight is 378 g/mol. The first kappa shape index (κ1) is 17.3. The number of nitrogens with one attached hydrogen (secondary N) is 1. The van der Waals surface area contributed by atoms with E-state index < -0.39 is 0 Å². The SMILES string of the molecule is COc1ccccc1C(=O)Nc1ccc2c(c1)CCN2C(=O)c1cccs1. The summed E-state index contributed by atoms with van der Waals surface area (Å²) >= 11 is 1.45. The second kappa shape index (κ2) is 7.25. The Kier molecular flexibility index (Phi) is 4.64. The van der Waals surface area contributed by atoms with Crippen molar-refractivity contribution >= 4 is 34.5 Å². The summed E-state index contributed by atoms with van der Waals surface area (Å²) in [5.74, 6) is 0.329. The number of hydrogen-bond acceptors (Lipinski definition) is 4. The predicted molar refractivity (Wildman–Crippen MR) is 107 cm³/mol. The molecular formula is C21H18N2O3S. The number of benzene rings is 2. The summed E-state index contributed by atoms with van der Waals surface area (Å²) in [4.78, 5) is 27.7. The largest absolute Gasteiger partial charge is 0.496 e. The molecule has 27 heavy (non-hydrogen) atoms. The van der Waals surface area contributed by atoms with Crippen LogP contribution in [0.15, 0.2) is 60.0 Å². The molecule has 3 aromatic rings. The van der Waals surface area contributed by atoms with Gasteiger partial charge >= 0.3 is 0 Å². The van der Waals surface area contributed by atoms with Gasteiger partial charge in [0.1, 0.15) is 5.75 Å². The first-order valence-electron chi connectivity index (χ1n) is 8.60. The molecule has 6 heteroatoms. The van der Waals surface area contributed by atoms with E-state index in [1.54, 1.807) is 30.2 Å². The molecule has 0 saturated heterocycles. The summed E-state index contributed by atoms with van der Waals surface area (Å²) in [6.07, 6.45) is 0.769. The Bertz CT molecular complexity index is 998. The summed E-state index contributed by atoms with van der Waals surface area (Å²) in [6, 6.07) is 16.5. The van der Waals surface area contributed by atoms with Crippen molar-refractivity contribution in [1.82, 2.24) is 0 Å². The zero-order chi connectivity index (χ0) is 18.8. The Labute approximate surface area is 161 Å². The molecule has 1 aliphatic heterocycles. The molecular weight excluding hydrogens is 360 g/mol. The molecule has 0 bridgehead atoms. The molecule has 0 saturated carbocycles. The van der Waals surface area contributed by atoms with E-state index in [0.717, 1.165) is 22.5 Å². The van der Waals surface area contributed by atoms with E-state index in [4.69, 9.17) is 4.74 Å². The van der Waals surface area contributed by atoms with Gasteiger partial charge in [-0.25, -0.2) is 0 Å². The maximum absolute atomic E-state index is 12.6. The number of rotatable bonds is 4. The minimum atomic E-state index is -0.225. The molecule has 1 aromatic heterocycles. The average Bonchev–Trinajstić information content (AvgIpc) is 3.37. The van der Waals surface area contributed by atoms with Gasteiger partial charge < -0.3 is 15.0 Å². The number of fused-ring (bicyclic) bond motifs is 1. The van der Waals surface area contributed by atoms with Crippen LogP contribution in [-0.2, 0) is 6.42 Å². The highest BCUT2D eigenvalue weighted by Gasteiger charge is 2.26. The lowest BCUT2D eigenvalue weighted by atomic mass is 10.1. The summed E-state index contributed by atoms with van der Waals surface area (Å²) in [7, 11) is 1.54. The summed E-state index contributed by atoms with van der Waals surface area (Å²) < 4.78 is 5.25. The summed E-state index contributed by atoms with van der Waals surface area (Å²) in [5, 5.41) is 4.82. The van der Waals surface area contributed by atoms with Gasteiger partial charge in [0.2, 0.25) is 0 Å². The fraction of sp³-hybridized carbons (Fsp3) is 0.143. The molecule has 2 aromatic carbocycles. The van der Waals surface area contributed by atoms with E-state index in [-0.39, 0.29) is 11.8 Å². The minimum Gasteiger partial charge on any atom is -0.496 e. The van der Waals surface area contributed by atoms with Crippen LogP contribution < -0.4 is 15.0 Å². The summed E-state index contributed by atoms with van der Waals surface area (Å²) in [6.45, 7) is 0.649. The van der Waals surface area contributed by atoms with Gasteiger partial charge in [-0.1, -0.05) is 18.2 Å². The van der Waals surface area contributed by atoms with Gasteiger partial charge in [-0.15, -0.1) is 11.3 Å². The van der Waals surface area contributed by atoms with E-state index in [1.165, 1.54) is 11.3 Å². The number of nitrogens with zero attached hydrogens (tertiary/aromatic N) is 1. The quantitative estimate of drug-likeness (QED) is 0.740. The van der Waals surface area contributed by atoms with Crippen LogP contribution in [0.1, 0.15) is 25.6 Å². The van der Waals surface area contributed by atoms with Gasteiger partial charge in [-0.3, -0.25) is 9.59 Å². The van der Waals surface area contributed by atoms with Crippen molar-refractivity contribution in [2.45, 2.75) is 6.42 Å². The number of methoxy groups -OCH3 is 1. The molecule has 2 amide bonds. The third-order valence-electron chi connectivity index (χ3n) is 4.56. The van der Waals surface area contributed by atoms with Gasteiger partial charge in [-0.05, 0) is 53.8 Å². The van der Waals surface area contributed by atoms with Crippen molar-refractivity contribution in [3.8, 4) is 5.75 Å². The number of thiophene rings is 1. The normalized spacial score (nSPS) is 12.6. The van der Waals surface area contributed by atoms with Crippen molar-refractivity contribution in [1.29, 1.82) is 0 Å². The molecule has 4 rings (SSSR count). The standard InChI is InChI=1S/C21H18N2O3S/c1-26-18-6-3-2-5-16(18)20(24)22-15-8-9-17-14(13-15)10-11-23(17)21(25)19-7-4-12-27-19/h2-9,12-13H,10-11H2,1H3,(H,22,24). The number of hydrogen-bond donors (Lipinski definition) is 1. The number of amides is 2. The molecule has 2 heterocycles. The topological polar surface area (TPSA) is 58.6 Å². The molecule has 1 aliphatic rings. The van der Waals surface area contributed by atoms with Gasteiger partial charge in [-0.2, -0.15) is 0 Å². The number of para-hydroxylation sites is 1. The lowest BCUT2D eigenvalue weighted by Crippen LogP contribution is -2.28. The van der Waals surface area contributed by atoms with Crippen LogP contribution in [0.3, 0.4) is 0 Å². The van der Waals surface area contributed by atoms with Crippen LogP contribution >= 0.6 is 11.3 Å². The van der Waals surface area contributed by atoms with E-state index in [2.05, 4.69) is 5.32 Å². The Balaban J connectivity index is 1.54. The van der Waals surface area contributed by atoms with Crippen LogP contribution in [0.4, 0.5) is 11.4 Å². The van der Waals surface area contributed by atoms with Crippen molar-refractivity contribution in [3.05, 3.63) is 76.0 Å². The second-order valence-electron chi connectivity index (χ2n) is 6.18. The van der Waals surface area contributed by atoms with Crippen molar-refractivity contribution in [2.75, 3.05) is 23.9 Å². The number of carbonyl (C=O) groups excluding carboxylic acids is 2. The first-order valence-corrected chi connectivity index (χ1v) is 9.48. The fourth-order valence-electron chi connectivity index (χ4n) is 3.25. The third kappa shape index (κ3) is 3.31. The Hall–Kier alpha value is -3.12. The summed E-state index contributed by atoms with van der Waals surface area (Å²) in [5.41, 5.74) is 3.14. The van der Waals surface area contributed by atoms with Crippen LogP contribution in [0.25, 0.3) is 0 Å². The molecule has 136 valence electrons. The molecule has 0 radical (unpaired) electrons. The van der Waals surface area contributed by atoms with E-state index >= 15 is 0 Å². The monoisotopic (exact) mass is 378 g/mol. The van der Waals surface area contributed by atoms with Crippen LogP contribution in [0, 0.1) is 0 Å². The Morgan fingerprint density at radius 2 is 1.96 bits per heavy atom. The molecule has 0 fully saturated rings. The molecule has 0 spiro atoms. The van der Waals surface area contributed by atoms with E-state index in [9.17, 15) is 9.59 Å². The third-order valence-corrected chi connectivity index (χ3v) is 5.42. The molecule has 5 nitrogen and oxygen atoms in total. The molecule has 0 atom stereocenters. The van der Waals surface area contributed by atoms with Crippen LogP contribution in [-0.4, -0.2) is 25.5 Å². The molecule has 1 N–H and O–H groups in total. The lowest BCUT2D eigenvalue weighted by molar-refractivity contribution is 0.0991. The number of carbonyl (C=O) groups is 2. The van der Waals surface area contributed by atoms with E-state index in [0.29, 0.717) is 23.5 Å². The lowest BCUT2D eigenvalue weighted by Gasteiger charge is -2.17. The second-order valence-corrected chi connectivity index (χ2v) is 7.13. The highest BCUT2D eigenvalue weighted by molar-refractivity contribution is 7.12. The maximum Gasteiger partial charge on any atom is 0.268 e. The Morgan fingerprint density at radius 1 is 1.11 bits per heavy atom. The molecule has 0 unspecified atom stereocenters. The number of anilines is 2. The van der Waals surface area contributed by atoms with E-state index in [1.807, 2.05) is 41.8 Å². The van der Waals surface area contributed by atoms with Crippen molar-refractivity contribution < 1.29 is 14.3 Å². The van der Waals surface area contributed by atoms with Crippen LogP contribution in [0.2, 0.25) is 0 Å². The zero-order valence-corrected chi connectivity index (χ0v) is 15.6. The van der Waals surface area contributed by atoms with Crippen molar-refractivity contribution in [2.24, 2.45) is 0 Å². The van der Waals surface area contributed by atoms with Gasteiger partial charge in [0.15, 0.2) is 0 Å². The maximum atomic E-state index is 12.6. The van der Waals surface area contributed by atoms with Gasteiger partial charge in [0.05, 0.1) is 17.6 Å². The smallest absolute Gasteiger partial charge is 0.268 e. The fourth-order valence-corrected chi connectivity index (χ4v) is 3.93. The predicted octanol–water partition coefficient (Wildman–Crippen LogP) is 4.21. The first-order chi connectivity index (χ1) is 13.2.